The second-order valence-corrected chi connectivity index (χ2v) is 5.56. The Morgan fingerprint density at radius 3 is 2.89 bits per heavy atom. The number of anilines is 2. The number of benzene rings is 1. The first-order valence-corrected chi connectivity index (χ1v) is 6.99. The zero-order chi connectivity index (χ0) is 13.2. The molecule has 0 bridgehead atoms. The van der Waals surface area contributed by atoms with E-state index in [-0.39, 0.29) is 0 Å². The van der Waals surface area contributed by atoms with Crippen LogP contribution in [0.25, 0.3) is 10.8 Å². The SMILES string of the molecule is CN(Cc1cccs1)c1ccc(N)c2cnccc12. The van der Waals surface area contributed by atoms with Gasteiger partial charge in [0.1, 0.15) is 0 Å². The standard InChI is InChI=1S/C15H15N3S/c1-18(10-11-3-2-8-19-11)15-5-4-14(16)13-9-17-7-6-12(13)15/h2-9H,10,16H2,1H3. The molecule has 0 aliphatic rings. The Morgan fingerprint density at radius 2 is 2.11 bits per heavy atom. The maximum absolute atomic E-state index is 6.00. The largest absolute Gasteiger partial charge is 0.398 e. The van der Waals surface area contributed by atoms with Gasteiger partial charge in [0.25, 0.3) is 0 Å². The minimum absolute atomic E-state index is 0.774. The predicted molar refractivity (Wildman–Crippen MR) is 82.6 cm³/mol. The van der Waals surface area contributed by atoms with Crippen LogP contribution in [0.15, 0.2) is 48.1 Å². The number of pyridine rings is 1. The Balaban J connectivity index is 2.03. The molecule has 2 heterocycles. The zero-order valence-electron chi connectivity index (χ0n) is 10.7. The lowest BCUT2D eigenvalue weighted by molar-refractivity contribution is 0.946. The molecule has 96 valence electrons. The Bertz CT molecular complexity index is 692. The lowest BCUT2D eigenvalue weighted by Crippen LogP contribution is -2.16. The Hall–Kier alpha value is -2.07. The lowest BCUT2D eigenvalue weighted by Gasteiger charge is -2.21. The maximum atomic E-state index is 6.00. The van der Waals surface area contributed by atoms with Crippen molar-refractivity contribution < 1.29 is 0 Å². The van der Waals surface area contributed by atoms with Gasteiger partial charge in [-0.1, -0.05) is 6.07 Å². The fraction of sp³-hybridized carbons (Fsp3) is 0.133. The fourth-order valence-electron chi connectivity index (χ4n) is 2.25. The first-order valence-electron chi connectivity index (χ1n) is 6.11. The van der Waals surface area contributed by atoms with Gasteiger partial charge in [-0.25, -0.2) is 0 Å². The van der Waals surface area contributed by atoms with Crippen LogP contribution in [0.4, 0.5) is 11.4 Å². The number of hydrogen-bond donors (Lipinski definition) is 1. The van der Waals surface area contributed by atoms with E-state index in [1.54, 1.807) is 11.3 Å². The summed E-state index contributed by atoms with van der Waals surface area (Å²) in [4.78, 5) is 7.75. The van der Waals surface area contributed by atoms with Crippen molar-refractivity contribution in [1.29, 1.82) is 0 Å². The summed E-state index contributed by atoms with van der Waals surface area (Å²) in [6.45, 7) is 0.902. The van der Waals surface area contributed by atoms with Gasteiger partial charge in [-0.3, -0.25) is 4.98 Å². The number of nitrogens with zero attached hydrogens (tertiary/aromatic N) is 2. The molecule has 0 aliphatic heterocycles. The van der Waals surface area contributed by atoms with Crippen molar-refractivity contribution in [1.82, 2.24) is 4.98 Å². The highest BCUT2D eigenvalue weighted by Gasteiger charge is 2.09. The number of aromatic nitrogens is 1. The minimum Gasteiger partial charge on any atom is -0.398 e. The van der Waals surface area contributed by atoms with E-state index in [4.69, 9.17) is 5.73 Å². The molecule has 1 aromatic carbocycles. The van der Waals surface area contributed by atoms with E-state index in [9.17, 15) is 0 Å². The van der Waals surface area contributed by atoms with Gasteiger partial charge in [0.15, 0.2) is 0 Å². The van der Waals surface area contributed by atoms with Crippen LogP contribution < -0.4 is 10.6 Å². The molecule has 2 aromatic heterocycles. The average molecular weight is 269 g/mol. The molecule has 0 atom stereocenters. The number of nitrogen functional groups attached to an aromatic ring is 1. The van der Waals surface area contributed by atoms with Crippen molar-refractivity contribution in [3.05, 3.63) is 53.0 Å². The number of fused-ring (bicyclic) bond motifs is 1. The van der Waals surface area contributed by atoms with Crippen LogP contribution in [0.3, 0.4) is 0 Å². The predicted octanol–water partition coefficient (Wildman–Crippen LogP) is 3.51. The molecule has 0 amide bonds. The molecule has 0 aliphatic carbocycles. The third-order valence-electron chi connectivity index (χ3n) is 3.21. The Labute approximate surface area is 116 Å². The molecular formula is C15H15N3S. The molecule has 0 fully saturated rings. The van der Waals surface area contributed by atoms with Gasteiger partial charge in [0.2, 0.25) is 0 Å². The van der Waals surface area contributed by atoms with E-state index in [1.807, 2.05) is 24.5 Å². The highest BCUT2D eigenvalue weighted by atomic mass is 32.1. The third-order valence-corrected chi connectivity index (χ3v) is 4.07. The van der Waals surface area contributed by atoms with Gasteiger partial charge in [-0.2, -0.15) is 0 Å². The molecule has 0 radical (unpaired) electrons. The summed E-state index contributed by atoms with van der Waals surface area (Å²) < 4.78 is 0. The molecule has 0 spiro atoms. The highest BCUT2D eigenvalue weighted by Crippen LogP contribution is 2.30. The molecule has 3 aromatic rings. The summed E-state index contributed by atoms with van der Waals surface area (Å²) in [7, 11) is 2.10. The van der Waals surface area contributed by atoms with Gasteiger partial charge < -0.3 is 10.6 Å². The summed E-state index contributed by atoms with van der Waals surface area (Å²) in [6.07, 6.45) is 3.64. The molecule has 2 N–H and O–H groups in total. The molecule has 4 heteroatoms. The zero-order valence-corrected chi connectivity index (χ0v) is 11.5. The van der Waals surface area contributed by atoms with Gasteiger partial charge in [0, 0.05) is 46.5 Å². The van der Waals surface area contributed by atoms with Crippen molar-refractivity contribution in [2.45, 2.75) is 6.54 Å². The van der Waals surface area contributed by atoms with E-state index < -0.39 is 0 Å². The second-order valence-electron chi connectivity index (χ2n) is 4.53. The summed E-state index contributed by atoms with van der Waals surface area (Å²) in [5.41, 5.74) is 7.96. The number of rotatable bonds is 3. The van der Waals surface area contributed by atoms with Crippen LogP contribution in [-0.4, -0.2) is 12.0 Å². The number of nitrogens with two attached hydrogens (primary N) is 1. The van der Waals surface area contributed by atoms with E-state index in [0.717, 1.165) is 23.0 Å². The molecule has 19 heavy (non-hydrogen) atoms. The highest BCUT2D eigenvalue weighted by molar-refractivity contribution is 7.09. The summed E-state index contributed by atoms with van der Waals surface area (Å²) in [5.74, 6) is 0. The van der Waals surface area contributed by atoms with E-state index in [0.29, 0.717) is 0 Å². The molecule has 3 nitrogen and oxygen atoms in total. The summed E-state index contributed by atoms with van der Waals surface area (Å²) in [5, 5.41) is 4.26. The topological polar surface area (TPSA) is 42.1 Å². The monoisotopic (exact) mass is 269 g/mol. The van der Waals surface area contributed by atoms with Crippen molar-refractivity contribution >= 4 is 33.5 Å². The quantitative estimate of drug-likeness (QED) is 0.740. The van der Waals surface area contributed by atoms with Gasteiger partial charge in [-0.15, -0.1) is 11.3 Å². The van der Waals surface area contributed by atoms with Crippen LogP contribution in [0.5, 0.6) is 0 Å². The van der Waals surface area contributed by atoms with Crippen LogP contribution in [-0.2, 0) is 6.54 Å². The first kappa shape index (κ1) is 12.0. The normalized spacial score (nSPS) is 10.8. The van der Waals surface area contributed by atoms with Crippen molar-refractivity contribution in [3.8, 4) is 0 Å². The Kier molecular flexibility index (Phi) is 3.09. The van der Waals surface area contributed by atoms with Crippen LogP contribution in [0.1, 0.15) is 4.88 Å². The van der Waals surface area contributed by atoms with Crippen LogP contribution in [0, 0.1) is 0 Å². The second kappa shape index (κ2) is 4.90. The van der Waals surface area contributed by atoms with Crippen molar-refractivity contribution in [2.75, 3.05) is 17.7 Å². The van der Waals surface area contributed by atoms with E-state index >= 15 is 0 Å². The molecule has 0 saturated heterocycles. The molecule has 0 unspecified atom stereocenters. The summed E-state index contributed by atoms with van der Waals surface area (Å²) >= 11 is 1.78. The third kappa shape index (κ3) is 2.27. The first-order chi connectivity index (χ1) is 9.25. The molecular weight excluding hydrogens is 254 g/mol. The maximum Gasteiger partial charge on any atom is 0.0519 e. The number of hydrogen-bond acceptors (Lipinski definition) is 4. The van der Waals surface area contributed by atoms with Gasteiger partial charge in [0.05, 0.1) is 6.54 Å². The van der Waals surface area contributed by atoms with Gasteiger partial charge >= 0.3 is 0 Å². The van der Waals surface area contributed by atoms with Gasteiger partial charge in [-0.05, 0) is 29.6 Å². The van der Waals surface area contributed by atoms with E-state index in [2.05, 4.69) is 40.5 Å². The van der Waals surface area contributed by atoms with Crippen LogP contribution >= 0.6 is 11.3 Å². The number of thiophene rings is 1. The summed E-state index contributed by atoms with van der Waals surface area (Å²) in [6, 6.07) is 10.3. The molecule has 3 rings (SSSR count). The average Bonchev–Trinajstić information content (AvgIpc) is 2.92. The fourth-order valence-corrected chi connectivity index (χ4v) is 3.01. The lowest BCUT2D eigenvalue weighted by atomic mass is 10.1. The minimum atomic E-state index is 0.774. The molecule has 0 saturated carbocycles. The van der Waals surface area contributed by atoms with Crippen molar-refractivity contribution in [3.63, 3.8) is 0 Å². The smallest absolute Gasteiger partial charge is 0.0519 e. The van der Waals surface area contributed by atoms with Crippen molar-refractivity contribution in [2.24, 2.45) is 0 Å². The van der Waals surface area contributed by atoms with E-state index in [1.165, 1.54) is 10.6 Å². The van der Waals surface area contributed by atoms with Crippen LogP contribution in [0.2, 0.25) is 0 Å². The Morgan fingerprint density at radius 1 is 1.21 bits per heavy atom.